The van der Waals surface area contributed by atoms with Crippen molar-refractivity contribution in [3.8, 4) is 0 Å². The van der Waals surface area contributed by atoms with Crippen LogP contribution in [0.5, 0.6) is 0 Å². The zero-order valence-corrected chi connectivity index (χ0v) is 22.1. The molecule has 0 radical (unpaired) electrons. The molecule has 4 aromatic rings. The minimum absolute atomic E-state index is 0.0839. The van der Waals surface area contributed by atoms with Crippen LogP contribution in [0.4, 0.5) is 5.69 Å². The first kappa shape index (κ1) is 26.3. The van der Waals surface area contributed by atoms with Crippen molar-refractivity contribution in [2.24, 2.45) is 4.99 Å². The fourth-order valence-electron chi connectivity index (χ4n) is 3.63. The number of hydrogen-bond donors (Lipinski definition) is 1. The fourth-order valence-corrected chi connectivity index (χ4v) is 5.80. The Morgan fingerprint density at radius 3 is 2.46 bits per heavy atom. The highest BCUT2D eigenvalue weighted by Crippen LogP contribution is 2.23. The number of fused-ring (bicyclic) bond motifs is 1. The molecule has 1 amide bonds. The number of ether oxygens (including phenoxy) is 2. The van der Waals surface area contributed by atoms with Crippen molar-refractivity contribution in [2.45, 2.75) is 18.4 Å². The molecular weight excluding hydrogens is 514 g/mol. The maximum Gasteiger partial charge on any atom is 0.337 e. The third kappa shape index (κ3) is 5.79. The fraction of sp³-hybridized carbons (Fsp3) is 0.192. The van der Waals surface area contributed by atoms with Crippen LogP contribution < -0.4 is 9.52 Å². The standard InChI is InChI=1S/C26H25N3O6S2/c1-17-8-11-19(12-9-17)37(32,33)28-21-7-5-4-6-20(21)24(30)27-26-29(14-15-34-2)22-13-10-18(25(31)35-3)16-23(22)36-26/h4-13,16,28H,14-15H2,1-3H3. The summed E-state index contributed by atoms with van der Waals surface area (Å²) in [5.41, 5.74) is 2.30. The van der Waals surface area contributed by atoms with Crippen molar-refractivity contribution in [3.05, 3.63) is 88.2 Å². The molecule has 0 saturated carbocycles. The number of rotatable bonds is 8. The second-order valence-electron chi connectivity index (χ2n) is 8.08. The van der Waals surface area contributed by atoms with Gasteiger partial charge in [0.2, 0.25) is 0 Å². The van der Waals surface area contributed by atoms with Gasteiger partial charge in [-0.1, -0.05) is 41.2 Å². The van der Waals surface area contributed by atoms with E-state index in [4.69, 9.17) is 9.47 Å². The first-order chi connectivity index (χ1) is 17.7. The maximum atomic E-state index is 13.3. The number of nitrogens with zero attached hydrogens (tertiary/aromatic N) is 2. The van der Waals surface area contributed by atoms with E-state index >= 15 is 0 Å². The monoisotopic (exact) mass is 539 g/mol. The van der Waals surface area contributed by atoms with Gasteiger partial charge in [-0.25, -0.2) is 13.2 Å². The number of aromatic nitrogens is 1. The van der Waals surface area contributed by atoms with Gasteiger partial charge in [-0.05, 0) is 49.4 Å². The molecule has 0 aliphatic carbocycles. The van der Waals surface area contributed by atoms with Crippen LogP contribution >= 0.6 is 11.3 Å². The smallest absolute Gasteiger partial charge is 0.337 e. The van der Waals surface area contributed by atoms with Gasteiger partial charge in [0, 0.05) is 13.7 Å². The Kier molecular flexibility index (Phi) is 7.86. The van der Waals surface area contributed by atoms with Gasteiger partial charge in [0.05, 0.1) is 45.6 Å². The lowest BCUT2D eigenvalue weighted by Crippen LogP contribution is -2.20. The van der Waals surface area contributed by atoms with Gasteiger partial charge in [0.1, 0.15) is 0 Å². The van der Waals surface area contributed by atoms with Crippen molar-refractivity contribution < 1.29 is 27.5 Å². The highest BCUT2D eigenvalue weighted by Gasteiger charge is 2.19. The molecule has 9 nitrogen and oxygen atoms in total. The molecule has 1 N–H and O–H groups in total. The first-order valence-corrected chi connectivity index (χ1v) is 13.5. The molecule has 0 aliphatic heterocycles. The Labute approximate surface area is 218 Å². The summed E-state index contributed by atoms with van der Waals surface area (Å²) in [4.78, 5) is 30.1. The highest BCUT2D eigenvalue weighted by molar-refractivity contribution is 7.92. The number of methoxy groups -OCH3 is 2. The molecule has 1 aromatic heterocycles. The molecule has 0 atom stereocenters. The number of anilines is 1. The van der Waals surface area contributed by atoms with Crippen molar-refractivity contribution >= 4 is 49.1 Å². The molecule has 0 fully saturated rings. The van der Waals surface area contributed by atoms with E-state index in [2.05, 4.69) is 9.71 Å². The third-order valence-electron chi connectivity index (χ3n) is 5.55. The highest BCUT2D eigenvalue weighted by atomic mass is 32.2. The molecule has 3 aromatic carbocycles. The SMILES string of the molecule is COCCn1c(=NC(=O)c2ccccc2NS(=O)(=O)c2ccc(C)cc2)sc2cc(C(=O)OC)ccc21. The van der Waals surface area contributed by atoms with E-state index in [1.165, 1.54) is 42.7 Å². The molecule has 0 spiro atoms. The number of benzene rings is 3. The average Bonchev–Trinajstić information content (AvgIpc) is 3.23. The molecule has 11 heteroatoms. The van der Waals surface area contributed by atoms with E-state index in [0.29, 0.717) is 23.5 Å². The van der Waals surface area contributed by atoms with Crippen molar-refractivity contribution in [3.63, 3.8) is 0 Å². The van der Waals surface area contributed by atoms with E-state index in [1.807, 2.05) is 11.5 Å². The van der Waals surface area contributed by atoms with Crippen molar-refractivity contribution in [1.82, 2.24) is 4.57 Å². The summed E-state index contributed by atoms with van der Waals surface area (Å²) in [5, 5.41) is 0. The Bertz CT molecular complexity index is 1640. The predicted octanol–water partition coefficient (Wildman–Crippen LogP) is 3.99. The third-order valence-corrected chi connectivity index (χ3v) is 7.98. The molecule has 37 heavy (non-hydrogen) atoms. The number of amides is 1. The summed E-state index contributed by atoms with van der Waals surface area (Å²) in [6.07, 6.45) is 0. The molecule has 192 valence electrons. The second kappa shape index (κ2) is 11.1. The number of carbonyl (C=O) groups is 2. The zero-order valence-electron chi connectivity index (χ0n) is 20.4. The summed E-state index contributed by atoms with van der Waals surface area (Å²) >= 11 is 1.23. The van der Waals surface area contributed by atoms with E-state index in [0.717, 1.165) is 15.8 Å². The number of para-hydroxylation sites is 1. The Morgan fingerprint density at radius 2 is 1.76 bits per heavy atom. The molecular formula is C26H25N3O6S2. The topological polar surface area (TPSA) is 116 Å². The Morgan fingerprint density at radius 1 is 1.03 bits per heavy atom. The van der Waals surface area contributed by atoms with Crippen LogP contribution in [-0.2, 0) is 26.0 Å². The molecule has 0 unspecified atom stereocenters. The van der Waals surface area contributed by atoms with Crippen LogP contribution in [0.3, 0.4) is 0 Å². The quantitative estimate of drug-likeness (QED) is 0.339. The lowest BCUT2D eigenvalue weighted by atomic mass is 10.2. The Balaban J connectivity index is 1.75. The number of hydrogen-bond acceptors (Lipinski definition) is 7. The van der Waals surface area contributed by atoms with Crippen molar-refractivity contribution in [1.29, 1.82) is 0 Å². The van der Waals surface area contributed by atoms with E-state index < -0.39 is 21.9 Å². The van der Waals surface area contributed by atoms with E-state index in [9.17, 15) is 18.0 Å². The lowest BCUT2D eigenvalue weighted by Gasteiger charge is -2.11. The van der Waals surface area contributed by atoms with Gasteiger partial charge in [-0.3, -0.25) is 9.52 Å². The molecule has 1 heterocycles. The number of thiazole rings is 1. The van der Waals surface area contributed by atoms with E-state index in [1.54, 1.807) is 49.6 Å². The van der Waals surface area contributed by atoms with Crippen LogP contribution in [0.15, 0.2) is 76.6 Å². The minimum atomic E-state index is -3.92. The average molecular weight is 540 g/mol. The predicted molar refractivity (Wildman–Crippen MR) is 141 cm³/mol. The Hall–Kier alpha value is -3.80. The van der Waals surface area contributed by atoms with Crippen molar-refractivity contribution in [2.75, 3.05) is 25.5 Å². The number of carbonyl (C=O) groups excluding carboxylic acids is 2. The summed E-state index contributed by atoms with van der Waals surface area (Å²) < 4.78 is 41.0. The van der Waals surface area contributed by atoms with Crippen LogP contribution in [-0.4, -0.2) is 45.7 Å². The summed E-state index contributed by atoms with van der Waals surface area (Å²) in [7, 11) is -1.04. The zero-order chi connectivity index (χ0) is 26.6. The molecule has 0 aliphatic rings. The minimum Gasteiger partial charge on any atom is -0.465 e. The summed E-state index contributed by atoms with van der Waals surface area (Å²) in [5.74, 6) is -1.09. The molecule has 4 rings (SSSR count). The van der Waals surface area contributed by atoms with Crippen LogP contribution in [0.1, 0.15) is 26.3 Å². The molecule has 0 saturated heterocycles. The van der Waals surface area contributed by atoms with Crippen LogP contribution in [0, 0.1) is 6.92 Å². The van der Waals surface area contributed by atoms with Crippen LogP contribution in [0.2, 0.25) is 0 Å². The molecule has 0 bridgehead atoms. The van der Waals surface area contributed by atoms with Gasteiger partial charge in [-0.2, -0.15) is 4.99 Å². The lowest BCUT2D eigenvalue weighted by molar-refractivity contribution is 0.0600. The second-order valence-corrected chi connectivity index (χ2v) is 10.8. The van der Waals surface area contributed by atoms with Crippen LogP contribution in [0.25, 0.3) is 10.2 Å². The maximum absolute atomic E-state index is 13.3. The van der Waals surface area contributed by atoms with Gasteiger partial charge < -0.3 is 14.0 Å². The first-order valence-electron chi connectivity index (χ1n) is 11.2. The number of nitrogens with one attached hydrogen (secondary N) is 1. The number of aryl methyl sites for hydroxylation is 1. The largest absolute Gasteiger partial charge is 0.465 e. The number of esters is 1. The van der Waals surface area contributed by atoms with Gasteiger partial charge >= 0.3 is 5.97 Å². The van der Waals surface area contributed by atoms with Gasteiger partial charge in [-0.15, -0.1) is 0 Å². The number of sulfonamides is 1. The van der Waals surface area contributed by atoms with Gasteiger partial charge in [0.25, 0.3) is 15.9 Å². The summed E-state index contributed by atoms with van der Waals surface area (Å²) in [6, 6.07) is 17.8. The normalized spacial score (nSPS) is 12.0. The van der Waals surface area contributed by atoms with E-state index in [-0.39, 0.29) is 16.1 Å². The van der Waals surface area contributed by atoms with Gasteiger partial charge in [0.15, 0.2) is 4.80 Å². The summed E-state index contributed by atoms with van der Waals surface area (Å²) in [6.45, 7) is 2.66.